The highest BCUT2D eigenvalue weighted by atomic mass is 32.1. The molecule has 4 N–H and O–H groups in total. The van der Waals surface area contributed by atoms with Crippen LogP contribution in [0.4, 0.5) is 0 Å². The van der Waals surface area contributed by atoms with Gasteiger partial charge >= 0.3 is 0 Å². The van der Waals surface area contributed by atoms with Crippen molar-refractivity contribution < 1.29 is 9.90 Å². The van der Waals surface area contributed by atoms with Crippen molar-refractivity contribution in [1.82, 2.24) is 10.3 Å². The summed E-state index contributed by atoms with van der Waals surface area (Å²) in [7, 11) is 0. The highest BCUT2D eigenvalue weighted by Gasteiger charge is 2.41. The molecule has 1 aliphatic carbocycles. The molecule has 0 bridgehead atoms. The molecule has 0 radical (unpaired) electrons. The fourth-order valence-electron chi connectivity index (χ4n) is 3.21. The first-order chi connectivity index (χ1) is 11.4. The molecule has 0 saturated heterocycles. The fourth-order valence-corrected chi connectivity index (χ4v) is 4.14. The number of nitrogens with zero attached hydrogens (tertiary/aromatic N) is 1. The van der Waals surface area contributed by atoms with Crippen LogP contribution in [-0.4, -0.2) is 34.7 Å². The highest BCUT2D eigenvalue weighted by molar-refractivity contribution is 7.16. The highest BCUT2D eigenvalue weighted by Crippen LogP contribution is 2.36. The minimum atomic E-state index is -0.805. The van der Waals surface area contributed by atoms with Gasteiger partial charge in [-0.1, -0.05) is 23.8 Å². The summed E-state index contributed by atoms with van der Waals surface area (Å²) in [4.78, 5) is 17.2. The third-order valence-corrected chi connectivity index (χ3v) is 5.62. The van der Waals surface area contributed by atoms with Crippen LogP contribution in [0, 0.1) is 19.8 Å². The number of aromatic nitrogens is 1. The van der Waals surface area contributed by atoms with Gasteiger partial charge in [0.05, 0.1) is 11.8 Å². The van der Waals surface area contributed by atoms with Crippen molar-refractivity contribution in [3.8, 4) is 10.6 Å². The molecule has 6 heteroatoms. The Morgan fingerprint density at radius 3 is 2.88 bits per heavy atom. The molecular weight excluding hydrogens is 322 g/mol. The van der Waals surface area contributed by atoms with Crippen LogP contribution in [0.5, 0.6) is 0 Å². The van der Waals surface area contributed by atoms with E-state index < -0.39 is 5.60 Å². The number of nitrogens with one attached hydrogen (secondary N) is 1. The summed E-state index contributed by atoms with van der Waals surface area (Å²) in [6, 6.07) is 6.19. The number of aryl methyl sites for hydroxylation is 2. The van der Waals surface area contributed by atoms with E-state index in [1.165, 1.54) is 16.9 Å². The van der Waals surface area contributed by atoms with Gasteiger partial charge in [-0.05, 0) is 44.7 Å². The zero-order chi connectivity index (χ0) is 17.3. The first-order valence-electron chi connectivity index (χ1n) is 8.14. The lowest BCUT2D eigenvalue weighted by atomic mass is 9.71. The Balaban J connectivity index is 1.64. The van der Waals surface area contributed by atoms with Crippen LogP contribution in [0.2, 0.25) is 0 Å². The van der Waals surface area contributed by atoms with E-state index in [0.717, 1.165) is 16.1 Å². The number of aliphatic hydroxyl groups is 1. The van der Waals surface area contributed by atoms with Crippen molar-refractivity contribution in [2.75, 3.05) is 13.1 Å². The molecule has 1 aromatic heterocycles. The van der Waals surface area contributed by atoms with E-state index in [1.54, 1.807) is 6.20 Å². The lowest BCUT2D eigenvalue weighted by Crippen LogP contribution is -2.53. The third kappa shape index (κ3) is 3.50. The maximum atomic E-state index is 12.3. The fraction of sp³-hybridized carbons (Fsp3) is 0.444. The Hall–Kier alpha value is -1.76. The van der Waals surface area contributed by atoms with E-state index in [4.69, 9.17) is 5.73 Å². The summed E-state index contributed by atoms with van der Waals surface area (Å²) < 4.78 is 0. The Kier molecular flexibility index (Phi) is 4.71. The first kappa shape index (κ1) is 17.1. The number of hydrogen-bond donors (Lipinski definition) is 3. The Morgan fingerprint density at radius 2 is 2.21 bits per heavy atom. The predicted octanol–water partition coefficient (Wildman–Crippen LogP) is 2.26. The van der Waals surface area contributed by atoms with Gasteiger partial charge in [0.25, 0.3) is 5.91 Å². The van der Waals surface area contributed by atoms with Crippen LogP contribution in [0.15, 0.2) is 24.4 Å². The molecule has 1 saturated carbocycles. The second kappa shape index (κ2) is 6.63. The van der Waals surface area contributed by atoms with Crippen molar-refractivity contribution in [2.24, 2.45) is 11.7 Å². The lowest BCUT2D eigenvalue weighted by molar-refractivity contribution is -0.0664. The Morgan fingerprint density at radius 1 is 1.46 bits per heavy atom. The normalized spacial score (nSPS) is 22.9. The molecular formula is C18H23N3O2S. The summed E-state index contributed by atoms with van der Waals surface area (Å²) in [5.41, 5.74) is 8.17. The van der Waals surface area contributed by atoms with Gasteiger partial charge in [-0.15, -0.1) is 11.3 Å². The van der Waals surface area contributed by atoms with Gasteiger partial charge in [0.15, 0.2) is 0 Å². The number of thiazole rings is 1. The van der Waals surface area contributed by atoms with Gasteiger partial charge < -0.3 is 16.2 Å². The number of amides is 1. The summed E-state index contributed by atoms with van der Waals surface area (Å²) in [5.74, 6) is 0.180. The molecule has 0 aliphatic heterocycles. The minimum absolute atomic E-state index is 0.187. The monoisotopic (exact) mass is 345 g/mol. The summed E-state index contributed by atoms with van der Waals surface area (Å²) in [6.45, 7) is 4.95. The molecule has 1 aliphatic rings. The largest absolute Gasteiger partial charge is 0.388 e. The number of rotatable bonds is 5. The average Bonchev–Trinajstić information content (AvgIpc) is 2.99. The standard InChI is InChI=1S/C18H23N3O2S/c1-11-3-4-14(12(2)5-11)17-20-9-15(24-17)16(22)21-10-18(23)6-13(7-18)8-19/h3-5,9,13,23H,6-8,10,19H2,1-2H3,(H,21,22). The smallest absolute Gasteiger partial charge is 0.263 e. The van der Waals surface area contributed by atoms with Crippen LogP contribution >= 0.6 is 11.3 Å². The van der Waals surface area contributed by atoms with E-state index >= 15 is 0 Å². The zero-order valence-corrected chi connectivity index (χ0v) is 14.8. The van der Waals surface area contributed by atoms with E-state index in [-0.39, 0.29) is 12.5 Å². The molecule has 5 nitrogen and oxygen atoms in total. The van der Waals surface area contributed by atoms with Crippen molar-refractivity contribution in [2.45, 2.75) is 32.3 Å². The zero-order valence-electron chi connectivity index (χ0n) is 14.0. The lowest BCUT2D eigenvalue weighted by Gasteiger charge is -2.43. The van der Waals surface area contributed by atoms with Crippen LogP contribution in [-0.2, 0) is 0 Å². The molecule has 0 spiro atoms. The second-order valence-corrected chi connectivity index (χ2v) is 7.80. The van der Waals surface area contributed by atoms with Crippen molar-refractivity contribution in [3.05, 3.63) is 40.4 Å². The molecule has 1 aromatic carbocycles. The van der Waals surface area contributed by atoms with E-state index in [1.807, 2.05) is 19.1 Å². The van der Waals surface area contributed by atoms with Gasteiger partial charge in [0.2, 0.25) is 0 Å². The molecule has 24 heavy (non-hydrogen) atoms. The summed E-state index contributed by atoms with van der Waals surface area (Å²) >= 11 is 1.37. The van der Waals surface area contributed by atoms with Crippen LogP contribution < -0.4 is 11.1 Å². The van der Waals surface area contributed by atoms with Crippen molar-refractivity contribution in [3.63, 3.8) is 0 Å². The average molecular weight is 345 g/mol. The number of benzene rings is 1. The summed E-state index contributed by atoms with van der Waals surface area (Å²) in [5, 5.41) is 13.9. The van der Waals surface area contributed by atoms with Gasteiger partial charge in [0, 0.05) is 12.1 Å². The maximum absolute atomic E-state index is 12.3. The quantitative estimate of drug-likeness (QED) is 0.775. The second-order valence-electron chi connectivity index (χ2n) is 6.77. The van der Waals surface area contributed by atoms with Gasteiger partial charge in [-0.3, -0.25) is 4.79 Å². The first-order valence-corrected chi connectivity index (χ1v) is 8.96. The molecule has 2 aromatic rings. The van der Waals surface area contributed by atoms with Crippen LogP contribution in [0.25, 0.3) is 10.6 Å². The van der Waals surface area contributed by atoms with Crippen LogP contribution in [0.3, 0.4) is 0 Å². The number of carbonyl (C=O) groups is 1. The molecule has 1 amide bonds. The predicted molar refractivity (Wildman–Crippen MR) is 96.1 cm³/mol. The number of hydrogen-bond acceptors (Lipinski definition) is 5. The van der Waals surface area contributed by atoms with Gasteiger partial charge in [0.1, 0.15) is 9.88 Å². The molecule has 1 heterocycles. The minimum Gasteiger partial charge on any atom is -0.388 e. The molecule has 0 atom stereocenters. The molecule has 0 unspecified atom stereocenters. The number of carbonyl (C=O) groups excluding carboxylic acids is 1. The Bertz CT molecular complexity index is 750. The van der Waals surface area contributed by atoms with Crippen molar-refractivity contribution >= 4 is 17.2 Å². The van der Waals surface area contributed by atoms with Crippen molar-refractivity contribution in [1.29, 1.82) is 0 Å². The molecule has 3 rings (SSSR count). The summed E-state index contributed by atoms with van der Waals surface area (Å²) in [6.07, 6.45) is 2.91. The Labute approximate surface area is 145 Å². The van der Waals surface area contributed by atoms with E-state index in [9.17, 15) is 9.90 Å². The topological polar surface area (TPSA) is 88.2 Å². The van der Waals surface area contributed by atoms with Gasteiger partial charge in [-0.25, -0.2) is 4.98 Å². The third-order valence-electron chi connectivity index (χ3n) is 4.59. The maximum Gasteiger partial charge on any atom is 0.263 e. The molecule has 128 valence electrons. The van der Waals surface area contributed by atoms with E-state index in [2.05, 4.69) is 23.3 Å². The SMILES string of the molecule is Cc1ccc(-c2ncc(C(=O)NCC3(O)CC(CN)C3)s2)c(C)c1. The van der Waals surface area contributed by atoms with Crippen LogP contribution in [0.1, 0.15) is 33.6 Å². The van der Waals surface area contributed by atoms with Gasteiger partial charge in [-0.2, -0.15) is 0 Å². The molecule has 1 fully saturated rings. The van der Waals surface area contributed by atoms with E-state index in [0.29, 0.717) is 30.2 Å². The number of nitrogens with two attached hydrogens (primary N) is 1.